The number of fused-ring (bicyclic) bond motifs is 2. The molecule has 1 aromatic carbocycles. The Hall–Kier alpha value is -2.50. The molecule has 29 heavy (non-hydrogen) atoms. The Morgan fingerprint density at radius 3 is 2.86 bits per heavy atom. The van der Waals surface area contributed by atoms with E-state index in [4.69, 9.17) is 4.74 Å². The number of aryl methyl sites for hydroxylation is 1. The maximum absolute atomic E-state index is 13.4. The minimum Gasteiger partial charge on any atom is -0.487 e. The third kappa shape index (κ3) is 3.38. The van der Waals surface area contributed by atoms with Crippen LogP contribution in [0.3, 0.4) is 0 Å². The van der Waals surface area contributed by atoms with Crippen LogP contribution in [0, 0.1) is 11.6 Å². The second kappa shape index (κ2) is 6.78. The van der Waals surface area contributed by atoms with Crippen LogP contribution in [0.2, 0.25) is 0 Å². The van der Waals surface area contributed by atoms with Gasteiger partial charge < -0.3 is 19.7 Å². The Morgan fingerprint density at radius 1 is 1.38 bits per heavy atom. The third-order valence-electron chi connectivity index (χ3n) is 5.30. The van der Waals surface area contributed by atoms with Gasteiger partial charge in [0.2, 0.25) is 10.0 Å². The van der Waals surface area contributed by atoms with E-state index >= 15 is 0 Å². The molecule has 156 valence electrons. The summed E-state index contributed by atoms with van der Waals surface area (Å²) in [5.41, 5.74) is -1.52. The van der Waals surface area contributed by atoms with Gasteiger partial charge in [-0.15, -0.1) is 0 Å². The van der Waals surface area contributed by atoms with E-state index in [1.807, 2.05) is 0 Å². The van der Waals surface area contributed by atoms with Crippen LogP contribution >= 0.6 is 0 Å². The van der Waals surface area contributed by atoms with Crippen molar-refractivity contribution >= 4 is 21.6 Å². The molecule has 11 heteroatoms. The van der Waals surface area contributed by atoms with E-state index in [0.717, 1.165) is 12.1 Å². The largest absolute Gasteiger partial charge is 0.487 e. The second-order valence-corrected chi connectivity index (χ2v) is 9.01. The zero-order valence-electron chi connectivity index (χ0n) is 15.4. The number of ether oxygens (including phenoxy) is 1. The lowest BCUT2D eigenvalue weighted by Crippen LogP contribution is -2.53. The van der Waals surface area contributed by atoms with Gasteiger partial charge in [-0.25, -0.2) is 21.9 Å². The zero-order valence-corrected chi connectivity index (χ0v) is 16.2. The van der Waals surface area contributed by atoms with Crippen LogP contribution in [0.15, 0.2) is 29.3 Å². The number of sulfonamides is 1. The van der Waals surface area contributed by atoms with E-state index in [-0.39, 0.29) is 28.6 Å². The summed E-state index contributed by atoms with van der Waals surface area (Å²) in [6, 6.07) is 2.17. The fourth-order valence-electron chi connectivity index (χ4n) is 3.78. The van der Waals surface area contributed by atoms with Crippen molar-refractivity contribution in [3.8, 4) is 5.75 Å². The van der Waals surface area contributed by atoms with E-state index < -0.39 is 39.2 Å². The van der Waals surface area contributed by atoms with E-state index in [9.17, 15) is 27.1 Å². The summed E-state index contributed by atoms with van der Waals surface area (Å²) >= 11 is 0. The highest BCUT2D eigenvalue weighted by molar-refractivity contribution is 7.89. The predicted molar refractivity (Wildman–Crippen MR) is 98.1 cm³/mol. The molecule has 0 saturated heterocycles. The van der Waals surface area contributed by atoms with Crippen LogP contribution in [0.25, 0.3) is 0 Å². The van der Waals surface area contributed by atoms with Crippen LogP contribution in [-0.4, -0.2) is 42.2 Å². The van der Waals surface area contributed by atoms with E-state index in [2.05, 4.69) is 10.0 Å². The molecule has 1 aliphatic carbocycles. The lowest BCUT2D eigenvalue weighted by Gasteiger charge is -2.32. The Morgan fingerprint density at radius 2 is 2.14 bits per heavy atom. The average molecular weight is 427 g/mol. The Kier molecular flexibility index (Phi) is 4.63. The summed E-state index contributed by atoms with van der Waals surface area (Å²) < 4.78 is 61.6. The molecule has 1 aromatic heterocycles. The SMILES string of the molecule is Cn1cc2c(c1C(=O)Nc1ccc(F)c(F)c1)OC[C@]1(O)CCC[C@@H]1NS2(=O)=O. The van der Waals surface area contributed by atoms with Crippen LogP contribution in [0.1, 0.15) is 29.8 Å². The number of aromatic nitrogens is 1. The molecule has 2 atom stereocenters. The van der Waals surface area contributed by atoms with E-state index in [0.29, 0.717) is 19.3 Å². The number of nitrogens with one attached hydrogen (secondary N) is 2. The van der Waals surface area contributed by atoms with Gasteiger partial charge in [0, 0.05) is 25.0 Å². The molecule has 0 spiro atoms. The normalized spacial score (nSPS) is 25.3. The van der Waals surface area contributed by atoms with Gasteiger partial charge in [0.25, 0.3) is 5.91 Å². The van der Waals surface area contributed by atoms with Crippen molar-refractivity contribution in [2.45, 2.75) is 35.8 Å². The highest BCUT2D eigenvalue weighted by atomic mass is 32.2. The zero-order chi connectivity index (χ0) is 21.0. The molecule has 4 rings (SSSR count). The molecule has 1 saturated carbocycles. The van der Waals surface area contributed by atoms with Crippen molar-refractivity contribution in [2.75, 3.05) is 11.9 Å². The number of aliphatic hydroxyl groups is 1. The first-order valence-corrected chi connectivity index (χ1v) is 10.4. The fourth-order valence-corrected chi connectivity index (χ4v) is 5.31. The molecule has 8 nitrogen and oxygen atoms in total. The summed E-state index contributed by atoms with van der Waals surface area (Å²) in [4.78, 5) is 12.5. The van der Waals surface area contributed by atoms with Crippen LogP contribution < -0.4 is 14.8 Å². The number of halogens is 2. The van der Waals surface area contributed by atoms with Gasteiger partial charge >= 0.3 is 0 Å². The maximum Gasteiger partial charge on any atom is 0.276 e. The number of benzene rings is 1. The standard InChI is InChI=1S/C18H19F2N3O5S/c1-23-8-13-16(15(23)17(24)21-10-4-5-11(19)12(20)7-10)28-9-18(25)6-2-3-14(18)22-29(13,26)27/h4-5,7-8,14,22,25H,2-3,6,9H2,1H3,(H,21,24)/t14-,18+/m0/s1. The highest BCUT2D eigenvalue weighted by Gasteiger charge is 2.47. The molecular weight excluding hydrogens is 408 g/mol. The van der Waals surface area contributed by atoms with E-state index in [1.165, 1.54) is 23.9 Å². The van der Waals surface area contributed by atoms with Crippen molar-refractivity contribution < 1.29 is 31.8 Å². The summed E-state index contributed by atoms with van der Waals surface area (Å²) in [7, 11) is -2.60. The summed E-state index contributed by atoms with van der Waals surface area (Å²) in [5.74, 6) is -3.18. The van der Waals surface area contributed by atoms with E-state index in [1.54, 1.807) is 0 Å². The number of rotatable bonds is 2. The predicted octanol–water partition coefficient (Wildman–Crippen LogP) is 1.51. The molecule has 2 aromatic rings. The third-order valence-corrected chi connectivity index (χ3v) is 6.76. The Labute approximate surface area is 165 Å². The van der Waals surface area contributed by atoms with Crippen molar-refractivity contribution in [3.63, 3.8) is 0 Å². The molecule has 3 N–H and O–H groups in total. The van der Waals surface area contributed by atoms with Gasteiger partial charge in [0.15, 0.2) is 23.1 Å². The molecule has 1 fully saturated rings. The number of amides is 1. The number of anilines is 1. The summed E-state index contributed by atoms with van der Waals surface area (Å²) in [6.07, 6.45) is 2.70. The number of hydrogen-bond donors (Lipinski definition) is 3. The number of nitrogens with zero attached hydrogens (tertiary/aromatic N) is 1. The van der Waals surface area contributed by atoms with Crippen LogP contribution in [0.4, 0.5) is 14.5 Å². The fraction of sp³-hybridized carbons (Fsp3) is 0.389. The second-order valence-electron chi connectivity index (χ2n) is 7.32. The van der Waals surface area contributed by atoms with Gasteiger partial charge in [-0.3, -0.25) is 4.79 Å². The number of carbonyl (C=O) groups excluding carboxylic acids is 1. The first-order chi connectivity index (χ1) is 13.6. The Bertz CT molecular complexity index is 1100. The quantitative estimate of drug-likeness (QED) is 0.673. The van der Waals surface area contributed by atoms with Crippen molar-refractivity contribution in [3.05, 3.63) is 41.7 Å². The summed E-state index contributed by atoms with van der Waals surface area (Å²) in [6.45, 7) is -0.192. The molecule has 0 unspecified atom stereocenters. The lowest BCUT2D eigenvalue weighted by atomic mass is 10.00. The maximum atomic E-state index is 13.4. The first-order valence-electron chi connectivity index (χ1n) is 8.94. The van der Waals surface area contributed by atoms with Crippen molar-refractivity contribution in [1.29, 1.82) is 0 Å². The minimum absolute atomic E-state index is 0.00911. The monoisotopic (exact) mass is 427 g/mol. The van der Waals surface area contributed by atoms with Gasteiger partial charge in [0.1, 0.15) is 17.1 Å². The number of hydrogen-bond acceptors (Lipinski definition) is 5. The molecule has 1 amide bonds. The topological polar surface area (TPSA) is 110 Å². The highest BCUT2D eigenvalue weighted by Crippen LogP contribution is 2.38. The smallest absolute Gasteiger partial charge is 0.276 e. The number of carbonyl (C=O) groups is 1. The average Bonchev–Trinajstić information content (AvgIpc) is 3.16. The molecule has 1 aliphatic heterocycles. The lowest BCUT2D eigenvalue weighted by molar-refractivity contribution is -0.0176. The molecule has 0 radical (unpaired) electrons. The molecule has 0 bridgehead atoms. The Balaban J connectivity index is 1.72. The van der Waals surface area contributed by atoms with Gasteiger partial charge in [-0.1, -0.05) is 0 Å². The van der Waals surface area contributed by atoms with Gasteiger partial charge in [-0.2, -0.15) is 0 Å². The van der Waals surface area contributed by atoms with Gasteiger partial charge in [0.05, 0.1) is 6.04 Å². The minimum atomic E-state index is -4.06. The first kappa shape index (κ1) is 19.8. The molecular formula is C18H19F2N3O5S. The molecule has 2 aliphatic rings. The van der Waals surface area contributed by atoms with Crippen LogP contribution in [0.5, 0.6) is 5.75 Å². The van der Waals surface area contributed by atoms with Crippen molar-refractivity contribution in [2.24, 2.45) is 7.05 Å². The van der Waals surface area contributed by atoms with Gasteiger partial charge in [-0.05, 0) is 31.4 Å². The van der Waals surface area contributed by atoms with Crippen LogP contribution in [-0.2, 0) is 17.1 Å². The molecule has 2 heterocycles. The summed E-state index contributed by atoms with van der Waals surface area (Å²) in [5, 5.41) is 13.2. The van der Waals surface area contributed by atoms with Crippen molar-refractivity contribution in [1.82, 2.24) is 9.29 Å².